The highest BCUT2D eigenvalue weighted by Crippen LogP contribution is 2.33. The summed E-state index contributed by atoms with van der Waals surface area (Å²) < 4.78 is 3.40. The Morgan fingerprint density at radius 1 is 1.07 bits per heavy atom. The van der Waals surface area contributed by atoms with E-state index in [9.17, 15) is 4.79 Å². The standard InChI is InChI=1S/C23H23N5OS/c1-26(13-15-8-9-18-19(12-15)28(3)23(29)27(18)2)14-17-16-6-4-10-24-22(16)25-21(17)20-7-5-11-30-20/h4-12H,13-14H2,1-3H3,(H,24,25). The minimum Gasteiger partial charge on any atom is -0.338 e. The summed E-state index contributed by atoms with van der Waals surface area (Å²) in [6, 6.07) is 14.6. The second-order valence-electron chi connectivity index (χ2n) is 7.75. The molecule has 0 aliphatic heterocycles. The Labute approximate surface area is 178 Å². The highest BCUT2D eigenvalue weighted by molar-refractivity contribution is 7.13. The van der Waals surface area contributed by atoms with E-state index < -0.39 is 0 Å². The first kappa shape index (κ1) is 18.8. The van der Waals surface area contributed by atoms with Gasteiger partial charge in [0.1, 0.15) is 5.65 Å². The van der Waals surface area contributed by atoms with E-state index in [1.165, 1.54) is 16.0 Å². The van der Waals surface area contributed by atoms with Crippen molar-refractivity contribution in [3.8, 4) is 10.6 Å². The molecule has 0 aliphatic rings. The first-order valence-corrected chi connectivity index (χ1v) is 10.7. The fourth-order valence-electron chi connectivity index (χ4n) is 4.16. The molecule has 0 radical (unpaired) electrons. The molecule has 0 saturated heterocycles. The Kier molecular flexibility index (Phi) is 4.56. The van der Waals surface area contributed by atoms with Crippen LogP contribution in [0.15, 0.2) is 58.8 Å². The predicted octanol–water partition coefficient (Wildman–Crippen LogP) is 4.11. The van der Waals surface area contributed by atoms with E-state index >= 15 is 0 Å². The largest absolute Gasteiger partial charge is 0.338 e. The van der Waals surface area contributed by atoms with Crippen LogP contribution in [0.5, 0.6) is 0 Å². The van der Waals surface area contributed by atoms with Gasteiger partial charge in [-0.15, -0.1) is 11.3 Å². The lowest BCUT2D eigenvalue weighted by atomic mass is 10.1. The molecule has 30 heavy (non-hydrogen) atoms. The quantitative estimate of drug-likeness (QED) is 0.468. The average molecular weight is 418 g/mol. The number of aromatic nitrogens is 4. The first-order chi connectivity index (χ1) is 14.5. The number of H-pyrrole nitrogens is 1. The van der Waals surface area contributed by atoms with E-state index in [0.717, 1.165) is 40.9 Å². The summed E-state index contributed by atoms with van der Waals surface area (Å²) in [5.41, 5.74) is 6.43. The topological polar surface area (TPSA) is 58.9 Å². The zero-order valence-corrected chi connectivity index (χ0v) is 18.0. The third-order valence-corrected chi connectivity index (χ3v) is 6.55. The minimum absolute atomic E-state index is 0.00221. The number of aromatic amines is 1. The van der Waals surface area contributed by atoms with Gasteiger partial charge in [-0.3, -0.25) is 14.0 Å². The molecule has 5 rings (SSSR count). The van der Waals surface area contributed by atoms with E-state index in [-0.39, 0.29) is 5.69 Å². The molecule has 0 saturated carbocycles. The van der Waals surface area contributed by atoms with Gasteiger partial charge in [-0.2, -0.15) is 0 Å². The lowest BCUT2D eigenvalue weighted by molar-refractivity contribution is 0.321. The molecule has 152 valence electrons. The van der Waals surface area contributed by atoms with Crippen molar-refractivity contribution >= 4 is 33.4 Å². The summed E-state index contributed by atoms with van der Waals surface area (Å²) in [4.78, 5) is 23.8. The molecular weight excluding hydrogens is 394 g/mol. The van der Waals surface area contributed by atoms with Gasteiger partial charge in [0.15, 0.2) is 0 Å². The SMILES string of the molecule is CN(Cc1ccc2c(c1)n(C)c(=O)n2C)Cc1c(-c2cccs2)[nH]c2ncccc12. The predicted molar refractivity (Wildman–Crippen MR) is 123 cm³/mol. The summed E-state index contributed by atoms with van der Waals surface area (Å²) in [7, 11) is 5.76. The molecule has 0 unspecified atom stereocenters. The Morgan fingerprint density at radius 3 is 2.70 bits per heavy atom. The average Bonchev–Trinajstić information content (AvgIpc) is 3.44. The molecule has 0 amide bonds. The number of hydrogen-bond donors (Lipinski definition) is 1. The number of fused-ring (bicyclic) bond motifs is 2. The maximum atomic E-state index is 12.2. The lowest BCUT2D eigenvalue weighted by Gasteiger charge is -2.17. The van der Waals surface area contributed by atoms with Gasteiger partial charge < -0.3 is 4.98 Å². The van der Waals surface area contributed by atoms with E-state index in [1.807, 2.05) is 32.4 Å². The van der Waals surface area contributed by atoms with Gasteiger partial charge >= 0.3 is 5.69 Å². The number of thiophene rings is 1. The summed E-state index contributed by atoms with van der Waals surface area (Å²) >= 11 is 1.73. The van der Waals surface area contributed by atoms with Crippen molar-refractivity contribution in [2.75, 3.05) is 7.05 Å². The number of nitrogens with zero attached hydrogens (tertiary/aromatic N) is 4. The summed E-state index contributed by atoms with van der Waals surface area (Å²) in [5.74, 6) is 0. The molecule has 0 fully saturated rings. The van der Waals surface area contributed by atoms with Gasteiger partial charge in [-0.1, -0.05) is 12.1 Å². The van der Waals surface area contributed by atoms with Crippen LogP contribution < -0.4 is 5.69 Å². The molecule has 1 aromatic carbocycles. The fourth-order valence-corrected chi connectivity index (χ4v) is 4.91. The summed E-state index contributed by atoms with van der Waals surface area (Å²) in [6.45, 7) is 1.58. The zero-order valence-electron chi connectivity index (χ0n) is 17.2. The third kappa shape index (κ3) is 3.07. The summed E-state index contributed by atoms with van der Waals surface area (Å²) in [6.07, 6.45) is 1.82. The maximum absolute atomic E-state index is 12.2. The highest BCUT2D eigenvalue weighted by atomic mass is 32.1. The highest BCUT2D eigenvalue weighted by Gasteiger charge is 2.17. The van der Waals surface area contributed by atoms with E-state index in [0.29, 0.717) is 0 Å². The van der Waals surface area contributed by atoms with Crippen molar-refractivity contribution in [2.24, 2.45) is 14.1 Å². The second kappa shape index (κ2) is 7.27. The van der Waals surface area contributed by atoms with E-state index in [2.05, 4.69) is 57.6 Å². The number of aryl methyl sites for hydroxylation is 2. The molecule has 0 aliphatic carbocycles. The Balaban J connectivity index is 1.47. The van der Waals surface area contributed by atoms with Gasteiger partial charge in [-0.05, 0) is 48.3 Å². The van der Waals surface area contributed by atoms with Gasteiger partial charge in [0.25, 0.3) is 0 Å². The Hall–Kier alpha value is -3.16. The van der Waals surface area contributed by atoms with Crippen molar-refractivity contribution in [3.05, 3.63) is 75.7 Å². The molecular formula is C23H23N5OS. The van der Waals surface area contributed by atoms with Crippen LogP contribution in [-0.2, 0) is 27.2 Å². The zero-order chi connectivity index (χ0) is 20.8. The van der Waals surface area contributed by atoms with Crippen LogP contribution in [0.25, 0.3) is 32.6 Å². The maximum Gasteiger partial charge on any atom is 0.328 e. The van der Waals surface area contributed by atoms with Crippen LogP contribution in [0.4, 0.5) is 0 Å². The molecule has 7 heteroatoms. The third-order valence-electron chi connectivity index (χ3n) is 5.66. The molecule has 1 N–H and O–H groups in total. The van der Waals surface area contributed by atoms with Gasteiger partial charge in [0.05, 0.1) is 21.6 Å². The number of nitrogens with one attached hydrogen (secondary N) is 1. The van der Waals surface area contributed by atoms with Crippen molar-refractivity contribution in [3.63, 3.8) is 0 Å². The Bertz CT molecular complexity index is 1410. The molecule has 4 heterocycles. The summed E-state index contributed by atoms with van der Waals surface area (Å²) in [5, 5.41) is 3.26. The monoisotopic (exact) mass is 417 g/mol. The first-order valence-electron chi connectivity index (χ1n) is 9.85. The fraction of sp³-hybridized carbons (Fsp3) is 0.217. The van der Waals surface area contributed by atoms with Crippen molar-refractivity contribution < 1.29 is 0 Å². The van der Waals surface area contributed by atoms with Crippen molar-refractivity contribution in [1.29, 1.82) is 0 Å². The van der Waals surface area contributed by atoms with Crippen LogP contribution in [0.2, 0.25) is 0 Å². The molecule has 0 bridgehead atoms. The van der Waals surface area contributed by atoms with Crippen LogP contribution in [0, 0.1) is 0 Å². The van der Waals surface area contributed by atoms with Crippen LogP contribution in [-0.4, -0.2) is 31.0 Å². The normalized spacial score (nSPS) is 11.9. The molecule has 5 aromatic rings. The number of rotatable bonds is 5. The van der Waals surface area contributed by atoms with Crippen LogP contribution >= 0.6 is 11.3 Å². The van der Waals surface area contributed by atoms with Gasteiger partial charge in [-0.25, -0.2) is 9.78 Å². The number of hydrogen-bond acceptors (Lipinski definition) is 4. The molecule has 0 spiro atoms. The second-order valence-corrected chi connectivity index (χ2v) is 8.70. The molecule has 0 atom stereocenters. The number of imidazole rings is 1. The molecule has 6 nitrogen and oxygen atoms in total. The minimum atomic E-state index is 0.00221. The van der Waals surface area contributed by atoms with Gasteiger partial charge in [0, 0.05) is 44.3 Å². The number of pyridine rings is 1. The van der Waals surface area contributed by atoms with Crippen LogP contribution in [0.3, 0.4) is 0 Å². The van der Waals surface area contributed by atoms with Gasteiger partial charge in [0.2, 0.25) is 0 Å². The van der Waals surface area contributed by atoms with E-state index in [4.69, 9.17) is 0 Å². The Morgan fingerprint density at radius 2 is 1.90 bits per heavy atom. The molecule has 4 aromatic heterocycles. The van der Waals surface area contributed by atoms with Crippen molar-refractivity contribution in [2.45, 2.75) is 13.1 Å². The number of benzene rings is 1. The van der Waals surface area contributed by atoms with Crippen molar-refractivity contribution in [1.82, 2.24) is 24.0 Å². The smallest absolute Gasteiger partial charge is 0.328 e. The lowest BCUT2D eigenvalue weighted by Crippen LogP contribution is -2.19. The van der Waals surface area contributed by atoms with E-state index in [1.54, 1.807) is 20.5 Å². The van der Waals surface area contributed by atoms with Crippen LogP contribution in [0.1, 0.15) is 11.1 Å².